The van der Waals surface area contributed by atoms with Gasteiger partial charge in [0.25, 0.3) is 6.43 Å². The smallest absolute Gasteiger partial charge is 0.256 e. The monoisotopic (exact) mass is 455 g/mol. The minimum absolute atomic E-state index is 0.330. The molecule has 10 heteroatoms. The number of fused-ring (bicyclic) bond motifs is 2. The topological polar surface area (TPSA) is 82.2 Å². The minimum Gasteiger partial charge on any atom is -0.379 e. The van der Waals surface area contributed by atoms with Crippen molar-refractivity contribution in [3.8, 4) is 11.3 Å². The highest BCUT2D eigenvalue weighted by Gasteiger charge is 2.22. The van der Waals surface area contributed by atoms with Crippen LogP contribution >= 0.6 is 0 Å². The maximum Gasteiger partial charge on any atom is 0.256 e. The molecule has 0 atom stereocenters. The molecule has 33 heavy (non-hydrogen) atoms. The highest BCUT2D eigenvalue weighted by molar-refractivity contribution is 5.82. The SMILES string of the molecule is CCO[C@H]1CC[C@H](Nc2ncc3c(-c4ccc5nc(C)n(CC(F)F)c5n4)ccn3n2)CC1. The van der Waals surface area contributed by atoms with Crippen molar-refractivity contribution in [1.82, 2.24) is 29.1 Å². The summed E-state index contributed by atoms with van der Waals surface area (Å²) < 4.78 is 35.0. The Bertz CT molecular complexity index is 1260. The first-order valence-electron chi connectivity index (χ1n) is 11.4. The molecule has 1 N–H and O–H groups in total. The Hall–Kier alpha value is -3.14. The summed E-state index contributed by atoms with van der Waals surface area (Å²) in [5.41, 5.74) is 3.35. The van der Waals surface area contributed by atoms with Crippen molar-refractivity contribution in [3.63, 3.8) is 0 Å². The first-order valence-corrected chi connectivity index (χ1v) is 11.4. The average Bonchev–Trinajstić information content (AvgIpc) is 3.35. The van der Waals surface area contributed by atoms with Gasteiger partial charge in [0.05, 0.1) is 30.1 Å². The lowest BCUT2D eigenvalue weighted by atomic mass is 9.93. The van der Waals surface area contributed by atoms with Gasteiger partial charge >= 0.3 is 0 Å². The summed E-state index contributed by atoms with van der Waals surface area (Å²) in [5, 5.41) is 8.05. The van der Waals surface area contributed by atoms with Crippen LogP contribution in [-0.2, 0) is 11.3 Å². The first kappa shape index (κ1) is 21.7. The van der Waals surface area contributed by atoms with Gasteiger partial charge in [0.1, 0.15) is 11.3 Å². The predicted octanol–water partition coefficient (Wildman–Crippen LogP) is 4.47. The van der Waals surface area contributed by atoms with Gasteiger partial charge in [-0.15, -0.1) is 5.10 Å². The van der Waals surface area contributed by atoms with E-state index in [4.69, 9.17) is 4.74 Å². The molecule has 0 aromatic carbocycles. The summed E-state index contributed by atoms with van der Waals surface area (Å²) in [6.07, 6.45) is 5.64. The van der Waals surface area contributed by atoms with E-state index in [0.29, 0.717) is 40.8 Å². The van der Waals surface area contributed by atoms with Crippen molar-refractivity contribution in [3.05, 3.63) is 36.4 Å². The molecule has 0 spiro atoms. The molecule has 4 heterocycles. The molecule has 0 amide bonds. The molecule has 1 aliphatic carbocycles. The third-order valence-corrected chi connectivity index (χ3v) is 6.21. The second-order valence-electron chi connectivity index (χ2n) is 8.41. The number of nitrogens with zero attached hydrogens (tertiary/aromatic N) is 6. The van der Waals surface area contributed by atoms with Crippen LogP contribution in [0.5, 0.6) is 0 Å². The number of halogens is 2. The standard InChI is InChI=1S/C23H27F2N7O/c1-3-33-16-6-4-15(5-7-16)28-23-26-12-20-17(10-11-32(20)30-23)18-8-9-19-22(29-18)31(13-21(24)25)14(2)27-19/h8-12,15-16,21H,3-7,13H2,1-2H3,(H,28,30)/t15-,16-. The number of aryl methyl sites for hydroxylation is 1. The van der Waals surface area contributed by atoms with Gasteiger partial charge in [-0.25, -0.2) is 28.2 Å². The summed E-state index contributed by atoms with van der Waals surface area (Å²) in [6.45, 7) is 4.07. The van der Waals surface area contributed by atoms with Gasteiger partial charge in [0.15, 0.2) is 5.65 Å². The van der Waals surface area contributed by atoms with Gasteiger partial charge in [-0.1, -0.05) is 0 Å². The van der Waals surface area contributed by atoms with Crippen molar-refractivity contribution in [2.45, 2.75) is 64.6 Å². The Morgan fingerprint density at radius 3 is 2.73 bits per heavy atom. The molecule has 0 radical (unpaired) electrons. The van der Waals surface area contributed by atoms with Crippen LogP contribution in [-0.4, -0.2) is 54.3 Å². The molecule has 0 saturated heterocycles. The zero-order chi connectivity index (χ0) is 22.9. The Morgan fingerprint density at radius 2 is 1.97 bits per heavy atom. The van der Waals surface area contributed by atoms with Crippen LogP contribution in [0.25, 0.3) is 27.9 Å². The molecule has 4 aromatic rings. The molecule has 0 bridgehead atoms. The summed E-state index contributed by atoms with van der Waals surface area (Å²) in [7, 11) is 0. The fraction of sp³-hybridized carbons (Fsp3) is 0.478. The molecule has 0 unspecified atom stereocenters. The van der Waals surface area contributed by atoms with E-state index in [-0.39, 0.29) is 0 Å². The first-order chi connectivity index (χ1) is 16.0. The lowest BCUT2D eigenvalue weighted by molar-refractivity contribution is 0.0346. The largest absolute Gasteiger partial charge is 0.379 e. The molecule has 1 fully saturated rings. The number of pyridine rings is 1. The van der Waals surface area contributed by atoms with E-state index in [1.807, 2.05) is 31.3 Å². The van der Waals surface area contributed by atoms with E-state index in [2.05, 4.69) is 25.4 Å². The van der Waals surface area contributed by atoms with Crippen LogP contribution in [0, 0.1) is 6.92 Å². The normalized spacial score (nSPS) is 19.1. The molecular weight excluding hydrogens is 428 g/mol. The van der Waals surface area contributed by atoms with Crippen LogP contribution in [0.4, 0.5) is 14.7 Å². The molecule has 4 aromatic heterocycles. The fourth-order valence-electron chi connectivity index (χ4n) is 4.60. The highest BCUT2D eigenvalue weighted by Crippen LogP contribution is 2.27. The summed E-state index contributed by atoms with van der Waals surface area (Å²) in [4.78, 5) is 13.5. The lowest BCUT2D eigenvalue weighted by Crippen LogP contribution is -2.30. The zero-order valence-electron chi connectivity index (χ0n) is 18.7. The number of anilines is 1. The Kier molecular flexibility index (Phi) is 5.92. The van der Waals surface area contributed by atoms with Crippen molar-refractivity contribution in [1.29, 1.82) is 0 Å². The Balaban J connectivity index is 1.38. The number of hydrogen-bond acceptors (Lipinski definition) is 6. The quantitative estimate of drug-likeness (QED) is 0.443. The van der Waals surface area contributed by atoms with Crippen LogP contribution in [0.2, 0.25) is 0 Å². The van der Waals surface area contributed by atoms with E-state index >= 15 is 0 Å². The number of alkyl halides is 2. The fourth-order valence-corrected chi connectivity index (χ4v) is 4.60. The number of hydrogen-bond donors (Lipinski definition) is 1. The summed E-state index contributed by atoms with van der Waals surface area (Å²) >= 11 is 0. The van der Waals surface area contributed by atoms with Crippen LogP contribution in [0.1, 0.15) is 38.4 Å². The minimum atomic E-state index is -2.48. The summed E-state index contributed by atoms with van der Waals surface area (Å²) in [5.74, 6) is 1.10. The molecule has 174 valence electrons. The van der Waals surface area contributed by atoms with Gasteiger partial charge in [-0.3, -0.25) is 0 Å². The molecule has 1 saturated carbocycles. The molecule has 5 rings (SSSR count). The molecular formula is C23H27F2N7O. The van der Waals surface area contributed by atoms with Gasteiger partial charge < -0.3 is 14.6 Å². The second kappa shape index (κ2) is 9.01. The number of aromatic nitrogens is 6. The van der Waals surface area contributed by atoms with Crippen LogP contribution in [0.15, 0.2) is 30.6 Å². The Morgan fingerprint density at radius 1 is 1.15 bits per heavy atom. The lowest BCUT2D eigenvalue weighted by Gasteiger charge is -2.28. The molecule has 0 aliphatic heterocycles. The summed E-state index contributed by atoms with van der Waals surface area (Å²) in [6, 6.07) is 5.90. The third kappa shape index (κ3) is 4.39. The van der Waals surface area contributed by atoms with Gasteiger partial charge in [-0.2, -0.15) is 0 Å². The van der Waals surface area contributed by atoms with E-state index in [9.17, 15) is 8.78 Å². The molecule has 1 aliphatic rings. The van der Waals surface area contributed by atoms with Crippen LogP contribution < -0.4 is 5.32 Å². The van der Waals surface area contributed by atoms with Crippen molar-refractivity contribution >= 4 is 22.6 Å². The van der Waals surface area contributed by atoms with Crippen LogP contribution in [0.3, 0.4) is 0 Å². The van der Waals surface area contributed by atoms with Gasteiger partial charge in [-0.05, 0) is 57.7 Å². The number of nitrogens with one attached hydrogen (secondary N) is 1. The number of imidazole rings is 1. The molecule has 8 nitrogen and oxygen atoms in total. The second-order valence-corrected chi connectivity index (χ2v) is 8.41. The van der Waals surface area contributed by atoms with Gasteiger partial charge in [0, 0.05) is 24.4 Å². The predicted molar refractivity (Wildman–Crippen MR) is 122 cm³/mol. The number of rotatable bonds is 7. The van der Waals surface area contributed by atoms with Crippen molar-refractivity contribution in [2.24, 2.45) is 0 Å². The Labute approximate surface area is 190 Å². The zero-order valence-corrected chi connectivity index (χ0v) is 18.7. The van der Waals surface area contributed by atoms with E-state index in [1.165, 1.54) is 4.57 Å². The highest BCUT2D eigenvalue weighted by atomic mass is 19.3. The maximum absolute atomic E-state index is 13.0. The third-order valence-electron chi connectivity index (χ3n) is 6.21. The van der Waals surface area contributed by atoms with Gasteiger partial charge in [0.2, 0.25) is 5.95 Å². The van der Waals surface area contributed by atoms with E-state index < -0.39 is 13.0 Å². The van der Waals surface area contributed by atoms with E-state index in [1.54, 1.807) is 17.6 Å². The van der Waals surface area contributed by atoms with E-state index in [0.717, 1.165) is 43.4 Å². The average molecular weight is 456 g/mol. The van der Waals surface area contributed by atoms with Crippen molar-refractivity contribution in [2.75, 3.05) is 11.9 Å². The number of ether oxygens (including phenoxy) is 1. The maximum atomic E-state index is 13.0. The van der Waals surface area contributed by atoms with Crippen molar-refractivity contribution < 1.29 is 13.5 Å².